The lowest BCUT2D eigenvalue weighted by Crippen LogP contribution is -2.31. The summed E-state index contributed by atoms with van der Waals surface area (Å²) in [6.45, 7) is 7.53. The van der Waals surface area contributed by atoms with E-state index in [1.54, 1.807) is 0 Å². The van der Waals surface area contributed by atoms with Crippen molar-refractivity contribution < 1.29 is 5.11 Å². The molecule has 0 radical (unpaired) electrons. The molecule has 0 bridgehead atoms. The standard InChI is InChI=1S/C34H62ClNO/c1-3-5-7-9-11-13-15-17-19-21-23-29-36(31-34(37)32-25-27-33(35)28-26-32)30-24-22-20-18-16-14-12-10-8-6-4-2/h25-28,34,37H,3-24,29-31H2,1-2H3. The Labute approximate surface area is 237 Å². The average molecular weight is 536 g/mol. The maximum absolute atomic E-state index is 10.9. The second kappa shape index (κ2) is 25.7. The fourth-order valence-electron chi connectivity index (χ4n) is 5.33. The van der Waals surface area contributed by atoms with Crippen LogP contribution in [-0.2, 0) is 0 Å². The van der Waals surface area contributed by atoms with Gasteiger partial charge in [-0.2, -0.15) is 0 Å². The Bertz CT molecular complexity index is 564. The molecule has 0 heterocycles. The van der Waals surface area contributed by atoms with Gasteiger partial charge in [-0.25, -0.2) is 0 Å². The fraction of sp³-hybridized carbons (Fsp3) is 0.824. The molecule has 2 nitrogen and oxygen atoms in total. The minimum absolute atomic E-state index is 0.433. The molecule has 1 atom stereocenters. The lowest BCUT2D eigenvalue weighted by molar-refractivity contribution is 0.110. The molecule has 0 aliphatic carbocycles. The molecule has 1 N–H and O–H groups in total. The van der Waals surface area contributed by atoms with Gasteiger partial charge in [0.05, 0.1) is 6.10 Å². The average Bonchev–Trinajstić information content (AvgIpc) is 2.90. The molecule has 0 aliphatic rings. The molecule has 1 unspecified atom stereocenters. The van der Waals surface area contributed by atoms with E-state index in [1.807, 2.05) is 24.3 Å². The lowest BCUT2D eigenvalue weighted by atomic mass is 10.0. The van der Waals surface area contributed by atoms with Gasteiger partial charge in [0.15, 0.2) is 0 Å². The van der Waals surface area contributed by atoms with Crippen LogP contribution >= 0.6 is 11.6 Å². The Kier molecular flexibility index (Phi) is 23.9. The van der Waals surface area contributed by atoms with Crippen LogP contribution in [0.25, 0.3) is 0 Å². The number of unbranched alkanes of at least 4 members (excludes halogenated alkanes) is 20. The highest BCUT2D eigenvalue weighted by Crippen LogP contribution is 2.19. The first-order valence-electron chi connectivity index (χ1n) is 16.3. The number of aliphatic hydroxyl groups is 1. The van der Waals surface area contributed by atoms with Crippen LogP contribution in [0.2, 0.25) is 5.02 Å². The van der Waals surface area contributed by atoms with E-state index in [2.05, 4.69) is 18.7 Å². The van der Waals surface area contributed by atoms with Crippen molar-refractivity contribution in [3.8, 4) is 0 Å². The van der Waals surface area contributed by atoms with E-state index in [0.29, 0.717) is 0 Å². The van der Waals surface area contributed by atoms with Crippen molar-refractivity contribution in [3.05, 3.63) is 34.9 Å². The van der Waals surface area contributed by atoms with Crippen LogP contribution in [0.5, 0.6) is 0 Å². The molecule has 1 aromatic carbocycles. The van der Waals surface area contributed by atoms with Crippen LogP contribution in [0.4, 0.5) is 0 Å². The predicted molar refractivity (Wildman–Crippen MR) is 166 cm³/mol. The first-order chi connectivity index (χ1) is 18.2. The van der Waals surface area contributed by atoms with Crippen LogP contribution in [0.1, 0.15) is 167 Å². The van der Waals surface area contributed by atoms with Crippen LogP contribution in [0.3, 0.4) is 0 Å². The van der Waals surface area contributed by atoms with E-state index < -0.39 is 6.10 Å². The fourth-order valence-corrected chi connectivity index (χ4v) is 5.45. The molecular weight excluding hydrogens is 474 g/mol. The molecule has 1 aromatic rings. The maximum Gasteiger partial charge on any atom is 0.0916 e. The summed E-state index contributed by atoms with van der Waals surface area (Å²) < 4.78 is 0. The summed E-state index contributed by atoms with van der Waals surface area (Å²) in [7, 11) is 0. The Hall–Kier alpha value is -0.570. The minimum Gasteiger partial charge on any atom is -0.387 e. The molecule has 1 rings (SSSR count). The quantitative estimate of drug-likeness (QED) is 0.113. The molecule has 0 saturated carbocycles. The van der Waals surface area contributed by atoms with Gasteiger partial charge >= 0.3 is 0 Å². The summed E-state index contributed by atoms with van der Waals surface area (Å²) in [6, 6.07) is 7.71. The normalized spacial score (nSPS) is 12.5. The summed E-state index contributed by atoms with van der Waals surface area (Å²) in [5.41, 5.74) is 0.979. The summed E-state index contributed by atoms with van der Waals surface area (Å²) in [6.07, 6.45) is 29.9. The molecule has 0 fully saturated rings. The number of aliphatic hydroxyl groups excluding tert-OH is 1. The zero-order chi connectivity index (χ0) is 26.8. The summed E-state index contributed by atoms with van der Waals surface area (Å²) in [5.74, 6) is 0. The topological polar surface area (TPSA) is 23.5 Å². The highest BCUT2D eigenvalue weighted by atomic mass is 35.5. The first kappa shape index (κ1) is 34.5. The lowest BCUT2D eigenvalue weighted by Gasteiger charge is -2.25. The van der Waals surface area contributed by atoms with Gasteiger partial charge in [0, 0.05) is 11.6 Å². The predicted octanol–water partition coefficient (Wildman–Crippen LogP) is 11.3. The number of rotatable bonds is 27. The minimum atomic E-state index is -0.433. The van der Waals surface area contributed by atoms with Crippen molar-refractivity contribution in [2.45, 2.75) is 161 Å². The van der Waals surface area contributed by atoms with Crippen molar-refractivity contribution >= 4 is 11.6 Å². The Morgan fingerprint density at radius 3 is 1.22 bits per heavy atom. The molecule has 3 heteroatoms. The molecular formula is C34H62ClNO. The molecule has 0 spiro atoms. The number of hydrogen-bond acceptors (Lipinski definition) is 2. The van der Waals surface area contributed by atoms with Gasteiger partial charge in [0.2, 0.25) is 0 Å². The number of hydrogen-bond donors (Lipinski definition) is 1. The molecule has 0 aliphatic heterocycles. The molecule has 0 saturated heterocycles. The smallest absolute Gasteiger partial charge is 0.0916 e. The zero-order valence-electron chi connectivity index (χ0n) is 24.8. The summed E-state index contributed by atoms with van der Waals surface area (Å²) >= 11 is 6.05. The van der Waals surface area contributed by atoms with Gasteiger partial charge in [-0.3, -0.25) is 0 Å². The van der Waals surface area contributed by atoms with Crippen LogP contribution in [0.15, 0.2) is 24.3 Å². The monoisotopic (exact) mass is 535 g/mol. The third-order valence-corrected chi connectivity index (χ3v) is 8.09. The highest BCUT2D eigenvalue weighted by molar-refractivity contribution is 6.30. The highest BCUT2D eigenvalue weighted by Gasteiger charge is 2.13. The van der Waals surface area contributed by atoms with Crippen LogP contribution < -0.4 is 0 Å². The Morgan fingerprint density at radius 2 is 0.865 bits per heavy atom. The van der Waals surface area contributed by atoms with Gasteiger partial charge < -0.3 is 10.0 Å². The van der Waals surface area contributed by atoms with Crippen LogP contribution in [0, 0.1) is 0 Å². The van der Waals surface area contributed by atoms with Crippen molar-refractivity contribution in [1.82, 2.24) is 4.90 Å². The van der Waals surface area contributed by atoms with E-state index in [1.165, 1.54) is 141 Å². The van der Waals surface area contributed by atoms with Gasteiger partial charge in [-0.15, -0.1) is 0 Å². The van der Waals surface area contributed by atoms with E-state index in [0.717, 1.165) is 30.2 Å². The zero-order valence-corrected chi connectivity index (χ0v) is 25.6. The number of halogens is 1. The van der Waals surface area contributed by atoms with Crippen molar-refractivity contribution in [2.24, 2.45) is 0 Å². The second-order valence-corrected chi connectivity index (χ2v) is 11.9. The van der Waals surface area contributed by atoms with Crippen molar-refractivity contribution in [2.75, 3.05) is 19.6 Å². The molecule has 216 valence electrons. The Balaban J connectivity index is 2.22. The van der Waals surface area contributed by atoms with E-state index >= 15 is 0 Å². The maximum atomic E-state index is 10.9. The summed E-state index contributed by atoms with van der Waals surface area (Å²) in [4.78, 5) is 2.51. The number of benzene rings is 1. The largest absolute Gasteiger partial charge is 0.387 e. The van der Waals surface area contributed by atoms with Gasteiger partial charge in [-0.05, 0) is 43.6 Å². The van der Waals surface area contributed by atoms with Crippen LogP contribution in [-0.4, -0.2) is 29.6 Å². The second-order valence-electron chi connectivity index (χ2n) is 11.4. The number of nitrogens with zero attached hydrogens (tertiary/aromatic N) is 1. The van der Waals surface area contributed by atoms with Gasteiger partial charge in [0.1, 0.15) is 0 Å². The SMILES string of the molecule is CCCCCCCCCCCCCN(CCCCCCCCCCCCC)CC(O)c1ccc(Cl)cc1. The third kappa shape index (κ3) is 21.0. The van der Waals surface area contributed by atoms with Gasteiger partial charge in [-0.1, -0.05) is 166 Å². The molecule has 0 aromatic heterocycles. The van der Waals surface area contributed by atoms with E-state index in [-0.39, 0.29) is 0 Å². The van der Waals surface area contributed by atoms with Gasteiger partial charge in [0.25, 0.3) is 0 Å². The molecule has 37 heavy (non-hydrogen) atoms. The van der Waals surface area contributed by atoms with E-state index in [4.69, 9.17) is 11.6 Å². The van der Waals surface area contributed by atoms with E-state index in [9.17, 15) is 5.11 Å². The van der Waals surface area contributed by atoms with Crippen molar-refractivity contribution in [1.29, 1.82) is 0 Å². The first-order valence-corrected chi connectivity index (χ1v) is 16.7. The van der Waals surface area contributed by atoms with Crippen molar-refractivity contribution in [3.63, 3.8) is 0 Å². The summed E-state index contributed by atoms with van der Waals surface area (Å²) in [5, 5.41) is 11.6. The third-order valence-electron chi connectivity index (χ3n) is 7.84. The Morgan fingerprint density at radius 1 is 0.541 bits per heavy atom. The molecule has 0 amide bonds.